The van der Waals surface area contributed by atoms with Gasteiger partial charge in [-0.05, 0) is 55.0 Å². The summed E-state index contributed by atoms with van der Waals surface area (Å²) in [4.78, 5) is 41.1. The Morgan fingerprint density at radius 1 is 0.946 bits per heavy atom. The molecule has 0 saturated heterocycles. The first-order chi connectivity index (χ1) is 17.7. The maximum absolute atomic E-state index is 12.9. The zero-order valence-electron chi connectivity index (χ0n) is 19.8. The van der Waals surface area contributed by atoms with Crippen LogP contribution in [0.2, 0.25) is 0 Å². The lowest BCUT2D eigenvalue weighted by Gasteiger charge is -2.21. The number of para-hydroxylation sites is 1. The molecular formula is C28H24N4O5. The fourth-order valence-corrected chi connectivity index (χ4v) is 3.78. The number of aromatic hydroxyl groups is 1. The summed E-state index contributed by atoms with van der Waals surface area (Å²) in [5, 5.41) is 26.1. The van der Waals surface area contributed by atoms with Gasteiger partial charge in [0.05, 0.1) is 5.69 Å². The Morgan fingerprint density at radius 2 is 1.65 bits per heavy atom. The molecule has 0 bridgehead atoms. The van der Waals surface area contributed by atoms with E-state index in [1.807, 2.05) is 0 Å². The van der Waals surface area contributed by atoms with Crippen molar-refractivity contribution in [1.29, 1.82) is 0 Å². The number of rotatable bonds is 8. The number of aromatic carboxylic acids is 1. The Morgan fingerprint density at radius 3 is 2.32 bits per heavy atom. The zero-order valence-corrected chi connectivity index (χ0v) is 19.8. The topological polar surface area (TPSA) is 155 Å². The quantitative estimate of drug-likeness (QED) is 0.178. The van der Waals surface area contributed by atoms with E-state index in [0.717, 1.165) is 0 Å². The lowest BCUT2D eigenvalue weighted by Crippen LogP contribution is -2.46. The van der Waals surface area contributed by atoms with Gasteiger partial charge in [-0.25, -0.2) is 9.78 Å². The minimum atomic E-state index is -1.34. The molecule has 4 rings (SSSR count). The number of nitrogens with zero attached hydrogens (tertiary/aromatic N) is 1. The van der Waals surface area contributed by atoms with Crippen LogP contribution in [-0.2, 0) is 4.79 Å². The number of pyridine rings is 1. The average Bonchev–Trinajstić information content (AvgIpc) is 2.88. The minimum absolute atomic E-state index is 0.0651. The number of carbonyl (C=O) groups excluding carboxylic acids is 2. The van der Waals surface area contributed by atoms with Crippen molar-refractivity contribution in [2.24, 2.45) is 5.73 Å². The third-order valence-corrected chi connectivity index (χ3v) is 5.51. The van der Waals surface area contributed by atoms with Crippen molar-refractivity contribution in [2.45, 2.75) is 12.6 Å². The molecule has 0 aliphatic carbocycles. The van der Waals surface area contributed by atoms with Crippen LogP contribution < -0.4 is 16.4 Å². The number of hydrogen-bond donors (Lipinski definition) is 5. The standard InChI is InChI=1S/C28H24N4O5/c1-28(29,16-33)32-19-11-7-10-18(14-19)21-15-22(20-12-5-6-13-23(20)34)30-25(24(21)27(36)37)31-26(35)17-8-3-2-4-9-17/h2-16,32,34H,29H2,1H3,(H,36,37)(H,30,31,35)/t28-/m0/s1. The van der Waals surface area contributed by atoms with Crippen LogP contribution in [-0.4, -0.2) is 39.0 Å². The number of nitrogens with one attached hydrogen (secondary N) is 2. The van der Waals surface area contributed by atoms with Crippen molar-refractivity contribution in [3.63, 3.8) is 0 Å². The van der Waals surface area contributed by atoms with Gasteiger partial charge in [-0.2, -0.15) is 0 Å². The number of amides is 1. The van der Waals surface area contributed by atoms with Gasteiger partial charge in [0, 0.05) is 22.4 Å². The van der Waals surface area contributed by atoms with Gasteiger partial charge in [0.1, 0.15) is 22.8 Å². The van der Waals surface area contributed by atoms with Gasteiger partial charge in [0.15, 0.2) is 6.29 Å². The number of phenols is 1. The van der Waals surface area contributed by atoms with Gasteiger partial charge >= 0.3 is 5.97 Å². The molecule has 0 fully saturated rings. The Bertz CT molecular complexity index is 1490. The molecule has 37 heavy (non-hydrogen) atoms. The molecule has 4 aromatic rings. The Hall–Kier alpha value is -5.02. The van der Waals surface area contributed by atoms with Crippen LogP contribution in [0.25, 0.3) is 22.4 Å². The van der Waals surface area contributed by atoms with Gasteiger partial charge in [0.25, 0.3) is 5.91 Å². The predicted molar refractivity (Wildman–Crippen MR) is 140 cm³/mol. The maximum Gasteiger partial charge on any atom is 0.340 e. The molecule has 9 nitrogen and oxygen atoms in total. The third kappa shape index (κ3) is 5.63. The lowest BCUT2D eigenvalue weighted by atomic mass is 9.96. The van der Waals surface area contributed by atoms with Crippen molar-refractivity contribution in [3.8, 4) is 28.1 Å². The van der Waals surface area contributed by atoms with E-state index >= 15 is 0 Å². The number of aldehydes is 1. The monoisotopic (exact) mass is 496 g/mol. The molecule has 0 saturated carbocycles. The number of anilines is 2. The molecule has 1 aromatic heterocycles. The summed E-state index contributed by atoms with van der Waals surface area (Å²) in [6, 6.07) is 23.0. The molecule has 9 heteroatoms. The second-order valence-corrected chi connectivity index (χ2v) is 8.53. The van der Waals surface area contributed by atoms with Crippen LogP contribution >= 0.6 is 0 Å². The second kappa shape index (κ2) is 10.3. The molecule has 1 atom stereocenters. The van der Waals surface area contributed by atoms with Crippen molar-refractivity contribution in [2.75, 3.05) is 10.6 Å². The molecule has 186 valence electrons. The number of carbonyl (C=O) groups is 3. The van der Waals surface area contributed by atoms with E-state index in [0.29, 0.717) is 28.7 Å². The summed E-state index contributed by atoms with van der Waals surface area (Å²) in [6.07, 6.45) is 0.558. The molecule has 0 unspecified atom stereocenters. The van der Waals surface area contributed by atoms with Gasteiger partial charge in [0.2, 0.25) is 0 Å². The second-order valence-electron chi connectivity index (χ2n) is 8.53. The highest BCUT2D eigenvalue weighted by Crippen LogP contribution is 2.36. The number of aromatic nitrogens is 1. The summed E-state index contributed by atoms with van der Waals surface area (Å²) >= 11 is 0. The van der Waals surface area contributed by atoms with E-state index in [1.54, 1.807) is 72.8 Å². The Balaban J connectivity index is 1.92. The number of carboxylic acid groups (broad SMARTS) is 1. The number of hydrogen-bond acceptors (Lipinski definition) is 7. The van der Waals surface area contributed by atoms with E-state index in [-0.39, 0.29) is 28.4 Å². The number of phenolic OH excluding ortho intramolecular Hbond substituents is 1. The molecule has 1 amide bonds. The van der Waals surface area contributed by atoms with E-state index < -0.39 is 17.5 Å². The van der Waals surface area contributed by atoms with Crippen molar-refractivity contribution < 1.29 is 24.6 Å². The lowest BCUT2D eigenvalue weighted by molar-refractivity contribution is -0.111. The molecule has 0 spiro atoms. The van der Waals surface area contributed by atoms with Crippen molar-refractivity contribution in [3.05, 3.63) is 96.1 Å². The van der Waals surface area contributed by atoms with Crippen LogP contribution in [0.5, 0.6) is 5.75 Å². The van der Waals surface area contributed by atoms with Gasteiger partial charge < -0.3 is 26.6 Å². The number of benzene rings is 3. The van der Waals surface area contributed by atoms with Gasteiger partial charge in [-0.3, -0.25) is 9.59 Å². The van der Waals surface area contributed by atoms with E-state index in [1.165, 1.54) is 19.1 Å². The normalized spacial score (nSPS) is 12.3. The molecular weight excluding hydrogens is 472 g/mol. The smallest absolute Gasteiger partial charge is 0.340 e. The van der Waals surface area contributed by atoms with Gasteiger partial charge in [-0.1, -0.05) is 42.5 Å². The SMILES string of the molecule is C[C@@](N)(C=O)Nc1cccc(-c2cc(-c3ccccc3O)nc(NC(=O)c3ccccc3)c2C(=O)O)c1. The summed E-state index contributed by atoms with van der Waals surface area (Å²) in [5.74, 6) is -2.11. The number of nitrogens with two attached hydrogens (primary N) is 1. The van der Waals surface area contributed by atoms with E-state index in [4.69, 9.17) is 5.73 Å². The Labute approximate surface area is 212 Å². The first kappa shape index (κ1) is 25.1. The van der Waals surface area contributed by atoms with Crippen LogP contribution in [0.1, 0.15) is 27.6 Å². The fourth-order valence-electron chi connectivity index (χ4n) is 3.78. The van der Waals surface area contributed by atoms with E-state index in [2.05, 4.69) is 15.6 Å². The maximum atomic E-state index is 12.9. The summed E-state index contributed by atoms with van der Waals surface area (Å²) in [5.41, 5.74) is 6.39. The fraction of sp³-hybridized carbons (Fsp3) is 0.0714. The summed E-state index contributed by atoms with van der Waals surface area (Å²) in [7, 11) is 0. The zero-order chi connectivity index (χ0) is 26.6. The average molecular weight is 497 g/mol. The van der Waals surface area contributed by atoms with Crippen molar-refractivity contribution >= 4 is 29.7 Å². The molecule has 0 aliphatic heterocycles. The summed E-state index contributed by atoms with van der Waals surface area (Å²) in [6.45, 7) is 1.50. The highest BCUT2D eigenvalue weighted by molar-refractivity contribution is 6.09. The minimum Gasteiger partial charge on any atom is -0.507 e. The van der Waals surface area contributed by atoms with Crippen LogP contribution in [0, 0.1) is 0 Å². The van der Waals surface area contributed by atoms with Crippen molar-refractivity contribution in [1.82, 2.24) is 4.98 Å². The number of carboxylic acids is 1. The highest BCUT2D eigenvalue weighted by Gasteiger charge is 2.24. The van der Waals surface area contributed by atoms with E-state index in [9.17, 15) is 24.6 Å². The van der Waals surface area contributed by atoms with Crippen LogP contribution in [0.15, 0.2) is 84.9 Å². The van der Waals surface area contributed by atoms with Gasteiger partial charge in [-0.15, -0.1) is 0 Å². The first-order valence-corrected chi connectivity index (χ1v) is 11.3. The molecule has 0 aliphatic rings. The van der Waals surface area contributed by atoms with Crippen LogP contribution in [0.3, 0.4) is 0 Å². The molecule has 6 N–H and O–H groups in total. The Kier molecular flexibility index (Phi) is 6.99. The predicted octanol–water partition coefficient (Wildman–Crippen LogP) is 4.36. The molecule has 3 aromatic carbocycles. The first-order valence-electron chi connectivity index (χ1n) is 11.3. The molecule has 0 radical (unpaired) electrons. The summed E-state index contributed by atoms with van der Waals surface area (Å²) < 4.78 is 0. The highest BCUT2D eigenvalue weighted by atomic mass is 16.4. The molecule has 1 heterocycles. The van der Waals surface area contributed by atoms with Crippen LogP contribution in [0.4, 0.5) is 11.5 Å². The largest absolute Gasteiger partial charge is 0.507 e. The third-order valence-electron chi connectivity index (χ3n) is 5.51.